The average Bonchev–Trinajstić information content (AvgIpc) is 2.38. The maximum Gasteiger partial charge on any atom is 0.254 e. The molecule has 4 nitrogen and oxygen atoms in total. The van der Waals surface area contributed by atoms with Crippen LogP contribution in [0.15, 0.2) is 24.3 Å². The van der Waals surface area contributed by atoms with Gasteiger partial charge in [-0.1, -0.05) is 24.4 Å². The third kappa shape index (κ3) is 4.29. The van der Waals surface area contributed by atoms with Gasteiger partial charge in [0.05, 0.1) is 0 Å². The molecule has 1 amide bonds. The van der Waals surface area contributed by atoms with Crippen LogP contribution in [0, 0.1) is 0 Å². The van der Waals surface area contributed by atoms with Gasteiger partial charge < -0.3 is 15.7 Å². The number of amides is 1. The first-order chi connectivity index (χ1) is 8.97. The first-order valence-corrected chi connectivity index (χ1v) is 6.70. The molecule has 0 unspecified atom stereocenters. The first kappa shape index (κ1) is 15.6. The number of rotatable bonds is 6. The molecular weight excluding hydrogens is 260 g/mol. The van der Waals surface area contributed by atoms with E-state index in [1.54, 1.807) is 29.2 Å². The number of carbonyl (C=O) groups excluding carboxylic acids is 1. The molecule has 0 radical (unpaired) electrons. The number of aliphatic hydroxyl groups is 1. The smallest absolute Gasteiger partial charge is 0.254 e. The van der Waals surface area contributed by atoms with Crippen molar-refractivity contribution in [3.05, 3.63) is 35.4 Å². The molecule has 0 aliphatic carbocycles. The van der Waals surface area contributed by atoms with Gasteiger partial charge in [-0.2, -0.15) is 0 Å². The van der Waals surface area contributed by atoms with Crippen molar-refractivity contribution < 1.29 is 9.90 Å². The van der Waals surface area contributed by atoms with Gasteiger partial charge in [-0.05, 0) is 32.4 Å². The molecule has 5 heteroatoms. The minimum absolute atomic E-state index is 0.0436. The lowest BCUT2D eigenvalue weighted by Crippen LogP contribution is -2.38. The molecule has 0 aliphatic rings. The molecule has 1 aromatic rings. The SMILES string of the molecule is CC(C)N(CCCO)C(=O)c1ccc(C(N)=S)cc1. The average molecular weight is 280 g/mol. The third-order valence-corrected chi connectivity index (χ3v) is 3.09. The monoisotopic (exact) mass is 280 g/mol. The van der Waals surface area contributed by atoms with Crippen molar-refractivity contribution >= 4 is 23.1 Å². The molecule has 0 aromatic heterocycles. The number of aliphatic hydroxyl groups excluding tert-OH is 1. The van der Waals surface area contributed by atoms with E-state index in [9.17, 15) is 4.79 Å². The Morgan fingerprint density at radius 3 is 2.26 bits per heavy atom. The maximum atomic E-state index is 12.4. The van der Waals surface area contributed by atoms with Crippen LogP contribution in [0.25, 0.3) is 0 Å². The van der Waals surface area contributed by atoms with E-state index in [4.69, 9.17) is 23.1 Å². The zero-order valence-electron chi connectivity index (χ0n) is 11.3. The summed E-state index contributed by atoms with van der Waals surface area (Å²) in [5, 5.41) is 8.88. The molecular formula is C14H20N2O2S. The molecule has 104 valence electrons. The topological polar surface area (TPSA) is 66.6 Å². The van der Waals surface area contributed by atoms with Crippen molar-refractivity contribution in [3.63, 3.8) is 0 Å². The van der Waals surface area contributed by atoms with Crippen LogP contribution in [0.3, 0.4) is 0 Å². The summed E-state index contributed by atoms with van der Waals surface area (Å²) >= 11 is 4.88. The van der Waals surface area contributed by atoms with Gasteiger partial charge in [-0.25, -0.2) is 0 Å². The van der Waals surface area contributed by atoms with Gasteiger partial charge in [0.25, 0.3) is 5.91 Å². The lowest BCUT2D eigenvalue weighted by molar-refractivity contribution is 0.0693. The van der Waals surface area contributed by atoms with E-state index in [2.05, 4.69) is 0 Å². The molecule has 0 atom stereocenters. The zero-order valence-corrected chi connectivity index (χ0v) is 12.1. The van der Waals surface area contributed by atoms with Crippen LogP contribution in [0.2, 0.25) is 0 Å². The lowest BCUT2D eigenvalue weighted by Gasteiger charge is -2.26. The third-order valence-electron chi connectivity index (χ3n) is 2.86. The van der Waals surface area contributed by atoms with E-state index < -0.39 is 0 Å². The van der Waals surface area contributed by atoms with Crippen molar-refractivity contribution in [2.75, 3.05) is 13.2 Å². The number of carbonyl (C=O) groups is 1. The van der Waals surface area contributed by atoms with Gasteiger partial charge in [-0.15, -0.1) is 0 Å². The van der Waals surface area contributed by atoms with Crippen molar-refractivity contribution in [3.8, 4) is 0 Å². The predicted octanol–water partition coefficient (Wildman–Crippen LogP) is 1.55. The van der Waals surface area contributed by atoms with E-state index in [-0.39, 0.29) is 18.6 Å². The molecule has 0 aliphatic heterocycles. The first-order valence-electron chi connectivity index (χ1n) is 6.29. The normalized spacial score (nSPS) is 10.5. The maximum absolute atomic E-state index is 12.4. The highest BCUT2D eigenvalue weighted by atomic mass is 32.1. The van der Waals surface area contributed by atoms with Crippen LogP contribution in [0.4, 0.5) is 0 Å². The van der Waals surface area contributed by atoms with Crippen molar-refractivity contribution in [2.45, 2.75) is 26.3 Å². The summed E-state index contributed by atoms with van der Waals surface area (Å²) < 4.78 is 0. The van der Waals surface area contributed by atoms with E-state index in [0.717, 1.165) is 5.56 Å². The standard InChI is InChI=1S/C14H20N2O2S/c1-10(2)16(8-3-9-17)14(18)12-6-4-11(5-7-12)13(15)19/h4-7,10,17H,3,8-9H2,1-2H3,(H2,15,19). The minimum Gasteiger partial charge on any atom is -0.396 e. The van der Waals surface area contributed by atoms with Gasteiger partial charge in [-0.3, -0.25) is 4.79 Å². The van der Waals surface area contributed by atoms with Crippen molar-refractivity contribution in [2.24, 2.45) is 5.73 Å². The number of benzene rings is 1. The van der Waals surface area contributed by atoms with E-state index >= 15 is 0 Å². The predicted molar refractivity (Wildman–Crippen MR) is 80.2 cm³/mol. The molecule has 1 rings (SSSR count). The second-order valence-electron chi connectivity index (χ2n) is 4.61. The fourth-order valence-corrected chi connectivity index (χ4v) is 1.91. The second-order valence-corrected chi connectivity index (χ2v) is 5.05. The quantitative estimate of drug-likeness (QED) is 0.776. The van der Waals surface area contributed by atoms with Crippen molar-refractivity contribution in [1.29, 1.82) is 0 Å². The van der Waals surface area contributed by atoms with Crippen LogP contribution < -0.4 is 5.73 Å². The summed E-state index contributed by atoms with van der Waals surface area (Å²) in [6.45, 7) is 4.54. The Balaban J connectivity index is 2.87. The Bertz CT molecular complexity index is 443. The summed E-state index contributed by atoms with van der Waals surface area (Å²) in [4.78, 5) is 14.4. The molecule has 3 N–H and O–H groups in total. The Kier molecular flexibility index (Phi) is 5.92. The highest BCUT2D eigenvalue weighted by Crippen LogP contribution is 2.11. The minimum atomic E-state index is -0.0436. The summed E-state index contributed by atoms with van der Waals surface area (Å²) in [5.41, 5.74) is 6.87. The van der Waals surface area contributed by atoms with E-state index in [0.29, 0.717) is 23.5 Å². The van der Waals surface area contributed by atoms with Gasteiger partial charge in [0, 0.05) is 30.3 Å². The fourth-order valence-electron chi connectivity index (χ4n) is 1.78. The number of hydrogen-bond acceptors (Lipinski definition) is 3. The number of thiocarbonyl (C=S) groups is 1. The molecule has 0 saturated carbocycles. The molecule has 0 fully saturated rings. The van der Waals surface area contributed by atoms with Gasteiger partial charge in [0.15, 0.2) is 0 Å². The zero-order chi connectivity index (χ0) is 14.4. The molecule has 0 saturated heterocycles. The van der Waals surface area contributed by atoms with Crippen LogP contribution in [0.1, 0.15) is 36.2 Å². The molecule has 1 aromatic carbocycles. The molecule has 0 heterocycles. The summed E-state index contributed by atoms with van der Waals surface area (Å²) in [7, 11) is 0. The Morgan fingerprint density at radius 1 is 1.32 bits per heavy atom. The number of nitrogens with two attached hydrogens (primary N) is 1. The highest BCUT2D eigenvalue weighted by molar-refractivity contribution is 7.80. The Morgan fingerprint density at radius 2 is 1.84 bits per heavy atom. The fraction of sp³-hybridized carbons (Fsp3) is 0.429. The van der Waals surface area contributed by atoms with Crippen molar-refractivity contribution in [1.82, 2.24) is 4.90 Å². The summed E-state index contributed by atoms with van der Waals surface area (Å²) in [6, 6.07) is 7.05. The van der Waals surface area contributed by atoms with Crippen LogP contribution >= 0.6 is 12.2 Å². The molecule has 19 heavy (non-hydrogen) atoms. The van der Waals surface area contributed by atoms with Crippen LogP contribution in [0.5, 0.6) is 0 Å². The summed E-state index contributed by atoms with van der Waals surface area (Å²) in [6.07, 6.45) is 0.578. The Labute approximate surface area is 119 Å². The largest absolute Gasteiger partial charge is 0.396 e. The van der Waals surface area contributed by atoms with Gasteiger partial charge in [0.2, 0.25) is 0 Å². The van der Waals surface area contributed by atoms with Gasteiger partial charge in [0.1, 0.15) is 4.99 Å². The Hall–Kier alpha value is -1.46. The van der Waals surface area contributed by atoms with Gasteiger partial charge >= 0.3 is 0 Å². The number of hydrogen-bond donors (Lipinski definition) is 2. The second kappa shape index (κ2) is 7.21. The summed E-state index contributed by atoms with van der Waals surface area (Å²) in [5.74, 6) is -0.0436. The van der Waals surface area contributed by atoms with Crippen LogP contribution in [-0.2, 0) is 0 Å². The molecule has 0 spiro atoms. The molecule has 0 bridgehead atoms. The van der Waals surface area contributed by atoms with E-state index in [1.807, 2.05) is 13.8 Å². The highest BCUT2D eigenvalue weighted by Gasteiger charge is 2.18. The number of nitrogens with zero attached hydrogens (tertiary/aromatic N) is 1. The van der Waals surface area contributed by atoms with E-state index in [1.165, 1.54) is 0 Å². The van der Waals surface area contributed by atoms with Crippen LogP contribution in [-0.4, -0.2) is 40.1 Å². The lowest BCUT2D eigenvalue weighted by atomic mass is 10.1.